The Morgan fingerprint density at radius 1 is 1.35 bits per heavy atom. The molecule has 0 aliphatic heterocycles. The standard InChI is InChI=1S/C13H18N4O2S/c1-10(8-11-6-4-3-5-7-11)16-20(18,19)12-9-17(2)15-13(12)14/h3-7,9-10,16H,8H2,1-2H3,(H2,14,15). The second-order valence-corrected chi connectivity index (χ2v) is 6.45. The molecular weight excluding hydrogens is 276 g/mol. The molecule has 6 nitrogen and oxygen atoms in total. The van der Waals surface area contributed by atoms with Crippen molar-refractivity contribution >= 4 is 15.8 Å². The van der Waals surface area contributed by atoms with Crippen molar-refractivity contribution in [1.29, 1.82) is 0 Å². The molecule has 0 aliphatic rings. The quantitative estimate of drug-likeness (QED) is 0.857. The Morgan fingerprint density at radius 3 is 2.55 bits per heavy atom. The van der Waals surface area contributed by atoms with Crippen LogP contribution in [0.1, 0.15) is 12.5 Å². The first-order valence-corrected chi connectivity index (χ1v) is 7.72. The second kappa shape index (κ2) is 5.64. The number of sulfonamides is 1. The number of hydrogen-bond donors (Lipinski definition) is 2. The van der Waals surface area contributed by atoms with E-state index >= 15 is 0 Å². The number of aryl methyl sites for hydroxylation is 1. The van der Waals surface area contributed by atoms with Gasteiger partial charge in [-0.2, -0.15) is 5.10 Å². The molecule has 2 aromatic rings. The molecule has 3 N–H and O–H groups in total. The normalized spacial score (nSPS) is 13.3. The maximum Gasteiger partial charge on any atom is 0.246 e. The highest BCUT2D eigenvalue weighted by Gasteiger charge is 2.22. The van der Waals surface area contributed by atoms with Crippen molar-refractivity contribution in [3.05, 3.63) is 42.1 Å². The fourth-order valence-electron chi connectivity index (χ4n) is 2.03. The molecule has 1 aromatic heterocycles. The third-order valence-electron chi connectivity index (χ3n) is 2.85. The summed E-state index contributed by atoms with van der Waals surface area (Å²) in [6, 6.07) is 9.47. The summed E-state index contributed by atoms with van der Waals surface area (Å²) in [4.78, 5) is 0.0138. The van der Waals surface area contributed by atoms with Gasteiger partial charge in [0, 0.05) is 19.3 Å². The van der Waals surface area contributed by atoms with Gasteiger partial charge in [-0.25, -0.2) is 13.1 Å². The van der Waals surface area contributed by atoms with E-state index in [1.165, 1.54) is 10.9 Å². The van der Waals surface area contributed by atoms with Gasteiger partial charge in [0.1, 0.15) is 4.90 Å². The van der Waals surface area contributed by atoms with E-state index in [2.05, 4.69) is 9.82 Å². The van der Waals surface area contributed by atoms with E-state index < -0.39 is 10.0 Å². The van der Waals surface area contributed by atoms with Crippen LogP contribution in [-0.2, 0) is 23.5 Å². The molecular formula is C13H18N4O2S. The van der Waals surface area contributed by atoms with Gasteiger partial charge < -0.3 is 5.73 Å². The SMILES string of the molecule is CC(Cc1ccccc1)NS(=O)(=O)c1cn(C)nc1N. The van der Waals surface area contributed by atoms with Gasteiger partial charge in [-0.3, -0.25) is 4.68 Å². The fourth-order valence-corrected chi connectivity index (χ4v) is 3.38. The first-order chi connectivity index (χ1) is 9.38. The second-order valence-electron chi connectivity index (χ2n) is 4.76. The zero-order valence-corrected chi connectivity index (χ0v) is 12.3. The minimum Gasteiger partial charge on any atom is -0.381 e. The summed E-state index contributed by atoms with van der Waals surface area (Å²) >= 11 is 0. The van der Waals surface area contributed by atoms with E-state index in [9.17, 15) is 8.42 Å². The molecule has 2 rings (SSSR count). The summed E-state index contributed by atoms with van der Waals surface area (Å²) in [5, 5.41) is 3.84. The summed E-state index contributed by atoms with van der Waals surface area (Å²) in [5.41, 5.74) is 6.68. The van der Waals surface area contributed by atoms with Gasteiger partial charge in [-0.05, 0) is 18.9 Å². The van der Waals surface area contributed by atoms with Crippen LogP contribution in [0, 0.1) is 0 Å². The summed E-state index contributed by atoms with van der Waals surface area (Å²) in [5.74, 6) is 0.00640. The topological polar surface area (TPSA) is 90.0 Å². The van der Waals surface area contributed by atoms with Gasteiger partial charge in [-0.15, -0.1) is 0 Å². The molecule has 1 heterocycles. The van der Waals surface area contributed by atoms with Crippen LogP contribution in [0.5, 0.6) is 0 Å². The van der Waals surface area contributed by atoms with Crippen molar-refractivity contribution in [2.45, 2.75) is 24.3 Å². The zero-order valence-electron chi connectivity index (χ0n) is 11.4. The van der Waals surface area contributed by atoms with Crippen molar-refractivity contribution in [2.24, 2.45) is 7.05 Å². The molecule has 20 heavy (non-hydrogen) atoms. The highest BCUT2D eigenvalue weighted by Crippen LogP contribution is 2.16. The van der Waals surface area contributed by atoms with Crippen molar-refractivity contribution in [3.63, 3.8) is 0 Å². The predicted molar refractivity (Wildman–Crippen MR) is 77.5 cm³/mol. The highest BCUT2D eigenvalue weighted by molar-refractivity contribution is 7.89. The maximum atomic E-state index is 12.2. The van der Waals surface area contributed by atoms with Crippen LogP contribution in [-0.4, -0.2) is 24.2 Å². The lowest BCUT2D eigenvalue weighted by Gasteiger charge is -2.13. The maximum absolute atomic E-state index is 12.2. The number of nitrogens with two attached hydrogens (primary N) is 1. The third-order valence-corrected chi connectivity index (χ3v) is 4.46. The third kappa shape index (κ3) is 3.37. The van der Waals surface area contributed by atoms with Crippen molar-refractivity contribution in [1.82, 2.24) is 14.5 Å². The van der Waals surface area contributed by atoms with E-state index in [4.69, 9.17) is 5.73 Å². The monoisotopic (exact) mass is 294 g/mol. The van der Waals surface area contributed by atoms with E-state index in [0.717, 1.165) is 5.56 Å². The summed E-state index contributed by atoms with van der Waals surface area (Å²) in [7, 11) is -2.02. The Hall–Kier alpha value is -1.86. The molecule has 0 spiro atoms. The number of hydrogen-bond acceptors (Lipinski definition) is 4. The predicted octanol–water partition coefficient (Wildman–Crippen LogP) is 0.912. The Bertz CT molecular complexity index is 680. The van der Waals surface area contributed by atoms with Crippen LogP contribution < -0.4 is 10.5 Å². The summed E-state index contributed by atoms with van der Waals surface area (Å²) < 4.78 is 28.4. The van der Waals surface area contributed by atoms with Crippen molar-refractivity contribution in [3.8, 4) is 0 Å². The van der Waals surface area contributed by atoms with Crippen LogP contribution in [0.25, 0.3) is 0 Å². The number of benzene rings is 1. The largest absolute Gasteiger partial charge is 0.381 e. The average molecular weight is 294 g/mol. The minimum atomic E-state index is -3.65. The molecule has 0 aliphatic carbocycles. The van der Waals surface area contributed by atoms with Crippen LogP contribution in [0.3, 0.4) is 0 Å². The molecule has 0 fully saturated rings. The van der Waals surface area contributed by atoms with Gasteiger partial charge in [-0.1, -0.05) is 30.3 Å². The molecule has 0 saturated carbocycles. The Balaban J connectivity index is 2.10. The lowest BCUT2D eigenvalue weighted by molar-refractivity contribution is 0.560. The van der Waals surface area contributed by atoms with Gasteiger partial charge in [0.2, 0.25) is 10.0 Å². The first-order valence-electron chi connectivity index (χ1n) is 6.24. The Morgan fingerprint density at radius 2 is 2.00 bits per heavy atom. The van der Waals surface area contributed by atoms with Gasteiger partial charge >= 0.3 is 0 Å². The van der Waals surface area contributed by atoms with E-state index in [1.807, 2.05) is 37.3 Å². The number of nitrogen functional groups attached to an aromatic ring is 1. The number of nitrogens with one attached hydrogen (secondary N) is 1. The summed E-state index contributed by atoms with van der Waals surface area (Å²) in [6.45, 7) is 1.82. The molecule has 1 aromatic carbocycles. The average Bonchev–Trinajstić information content (AvgIpc) is 2.69. The van der Waals surface area contributed by atoms with E-state index in [1.54, 1.807) is 7.05 Å². The van der Waals surface area contributed by atoms with Crippen molar-refractivity contribution in [2.75, 3.05) is 5.73 Å². The zero-order chi connectivity index (χ0) is 14.8. The first kappa shape index (κ1) is 14.5. The van der Waals surface area contributed by atoms with Crippen LogP contribution >= 0.6 is 0 Å². The van der Waals surface area contributed by atoms with Gasteiger partial charge in [0.25, 0.3) is 0 Å². The molecule has 0 amide bonds. The molecule has 7 heteroatoms. The number of aromatic nitrogens is 2. The lowest BCUT2D eigenvalue weighted by atomic mass is 10.1. The fraction of sp³-hybridized carbons (Fsp3) is 0.308. The van der Waals surface area contributed by atoms with Crippen LogP contribution in [0.4, 0.5) is 5.82 Å². The number of rotatable bonds is 5. The molecule has 0 saturated heterocycles. The van der Waals surface area contributed by atoms with Gasteiger partial charge in [0.05, 0.1) is 0 Å². The van der Waals surface area contributed by atoms with Gasteiger partial charge in [0.15, 0.2) is 5.82 Å². The number of anilines is 1. The van der Waals surface area contributed by atoms with E-state index in [0.29, 0.717) is 6.42 Å². The number of nitrogens with zero attached hydrogens (tertiary/aromatic N) is 2. The Kier molecular flexibility index (Phi) is 4.10. The Labute approximate surface area is 118 Å². The van der Waals surface area contributed by atoms with E-state index in [-0.39, 0.29) is 16.8 Å². The lowest BCUT2D eigenvalue weighted by Crippen LogP contribution is -2.34. The molecule has 1 atom stereocenters. The van der Waals surface area contributed by atoms with Crippen molar-refractivity contribution < 1.29 is 8.42 Å². The smallest absolute Gasteiger partial charge is 0.246 e. The molecule has 1 unspecified atom stereocenters. The van der Waals surface area contributed by atoms with Crippen LogP contribution in [0.15, 0.2) is 41.4 Å². The highest BCUT2D eigenvalue weighted by atomic mass is 32.2. The minimum absolute atomic E-state index is 0.00640. The molecule has 0 bridgehead atoms. The molecule has 0 radical (unpaired) electrons. The molecule has 108 valence electrons. The summed E-state index contributed by atoms with van der Waals surface area (Å²) in [6.07, 6.45) is 2.01. The van der Waals surface area contributed by atoms with Crippen LogP contribution in [0.2, 0.25) is 0 Å².